The van der Waals surface area contributed by atoms with Crippen LogP contribution in [-0.2, 0) is 0 Å². The Kier molecular flexibility index (Phi) is 6.10. The van der Waals surface area contributed by atoms with E-state index in [4.69, 9.17) is 17.3 Å². The molecule has 0 saturated carbocycles. The van der Waals surface area contributed by atoms with Crippen LogP contribution in [0.2, 0.25) is 0 Å². The number of carbonyl (C=O) groups is 1. The van der Waals surface area contributed by atoms with Crippen LogP contribution < -0.4 is 10.7 Å². The number of aromatic hydroxyl groups is 1. The van der Waals surface area contributed by atoms with Crippen LogP contribution in [-0.4, -0.2) is 27.5 Å². The number of anilines is 1. The minimum absolute atomic E-state index is 0.123. The Morgan fingerprint density at radius 3 is 2.34 bits per heavy atom. The monoisotopic (exact) mass is 441 g/mol. The molecule has 0 amide bonds. The van der Waals surface area contributed by atoms with Crippen LogP contribution in [0.3, 0.4) is 0 Å². The van der Waals surface area contributed by atoms with Gasteiger partial charge < -0.3 is 15.5 Å². The summed E-state index contributed by atoms with van der Waals surface area (Å²) < 4.78 is 0. The van der Waals surface area contributed by atoms with Crippen molar-refractivity contribution in [1.82, 2.24) is 5.43 Å². The lowest BCUT2D eigenvalue weighted by molar-refractivity contribution is 0.0697. The van der Waals surface area contributed by atoms with E-state index in [0.29, 0.717) is 16.8 Å². The van der Waals surface area contributed by atoms with Crippen LogP contribution >= 0.6 is 12.2 Å². The van der Waals surface area contributed by atoms with E-state index >= 15 is 0 Å². The number of hydrogen-bond acceptors (Lipinski definition) is 4. The maximum atomic E-state index is 10.9. The number of nitrogens with one attached hydrogen (secondary N) is 2. The van der Waals surface area contributed by atoms with Crippen molar-refractivity contribution in [3.8, 4) is 16.9 Å². The Bertz CT molecular complexity index is 1330. The quantitative estimate of drug-likeness (QED) is 0.192. The van der Waals surface area contributed by atoms with Crippen molar-refractivity contribution >= 4 is 46.0 Å². The lowest BCUT2D eigenvalue weighted by Gasteiger charge is -2.11. The molecule has 4 aromatic rings. The number of fused-ring (bicyclic) bond motifs is 1. The first kappa shape index (κ1) is 21.0. The van der Waals surface area contributed by atoms with Gasteiger partial charge in [0.25, 0.3) is 0 Å². The molecule has 0 aliphatic rings. The highest BCUT2D eigenvalue weighted by Crippen LogP contribution is 2.35. The predicted molar refractivity (Wildman–Crippen MR) is 131 cm³/mol. The van der Waals surface area contributed by atoms with Gasteiger partial charge in [0.05, 0.1) is 11.8 Å². The number of rotatable bonds is 5. The number of carboxylic acids is 1. The Hall–Kier alpha value is -4.23. The zero-order chi connectivity index (χ0) is 22.5. The summed E-state index contributed by atoms with van der Waals surface area (Å²) in [6.07, 6.45) is 1.49. The summed E-state index contributed by atoms with van der Waals surface area (Å²) in [4.78, 5) is 10.9. The zero-order valence-electron chi connectivity index (χ0n) is 16.8. The molecule has 32 heavy (non-hydrogen) atoms. The average Bonchev–Trinajstić information content (AvgIpc) is 2.80. The molecule has 0 unspecified atom stereocenters. The van der Waals surface area contributed by atoms with Crippen molar-refractivity contribution in [2.45, 2.75) is 0 Å². The second-order valence-electron chi connectivity index (χ2n) is 6.98. The van der Waals surface area contributed by atoms with Crippen molar-refractivity contribution < 1.29 is 15.0 Å². The number of carboxylic acid groups (broad SMARTS) is 1. The molecule has 0 spiro atoms. The molecule has 6 nitrogen and oxygen atoms in total. The topological polar surface area (TPSA) is 94.0 Å². The van der Waals surface area contributed by atoms with Gasteiger partial charge in [0.15, 0.2) is 5.11 Å². The van der Waals surface area contributed by atoms with E-state index in [1.54, 1.807) is 18.2 Å². The van der Waals surface area contributed by atoms with Gasteiger partial charge in [0, 0.05) is 16.8 Å². The number of benzene rings is 4. The van der Waals surface area contributed by atoms with E-state index in [1.807, 2.05) is 54.6 Å². The summed E-state index contributed by atoms with van der Waals surface area (Å²) in [5.74, 6) is -0.870. The van der Waals surface area contributed by atoms with Crippen molar-refractivity contribution in [3.63, 3.8) is 0 Å². The first-order valence-corrected chi connectivity index (χ1v) is 10.2. The number of hydrogen-bond donors (Lipinski definition) is 4. The fourth-order valence-corrected chi connectivity index (χ4v) is 3.53. The molecule has 0 fully saturated rings. The van der Waals surface area contributed by atoms with Crippen LogP contribution in [0.5, 0.6) is 5.75 Å². The molecule has 0 heterocycles. The van der Waals surface area contributed by atoms with E-state index in [-0.39, 0.29) is 16.4 Å². The maximum absolute atomic E-state index is 10.9. The normalized spacial score (nSPS) is 10.9. The van der Waals surface area contributed by atoms with Gasteiger partial charge in [-0.1, -0.05) is 54.6 Å². The summed E-state index contributed by atoms with van der Waals surface area (Å²) in [6, 6.07) is 25.7. The van der Waals surface area contributed by atoms with Crippen molar-refractivity contribution in [2.24, 2.45) is 5.10 Å². The lowest BCUT2D eigenvalue weighted by atomic mass is 9.96. The van der Waals surface area contributed by atoms with Crippen LogP contribution in [0.1, 0.15) is 15.9 Å². The van der Waals surface area contributed by atoms with Crippen molar-refractivity contribution in [1.29, 1.82) is 0 Å². The average molecular weight is 442 g/mol. The minimum atomic E-state index is -0.993. The largest absolute Gasteiger partial charge is 0.507 e. The number of thiocarbonyl (C=S) groups is 1. The Morgan fingerprint density at radius 1 is 0.875 bits per heavy atom. The van der Waals surface area contributed by atoms with Crippen molar-refractivity contribution in [3.05, 3.63) is 96.1 Å². The summed E-state index contributed by atoms with van der Waals surface area (Å²) in [6.45, 7) is 0. The second kappa shape index (κ2) is 9.28. The van der Waals surface area contributed by atoms with Gasteiger partial charge in [0.1, 0.15) is 5.75 Å². The Morgan fingerprint density at radius 2 is 1.56 bits per heavy atom. The highest BCUT2D eigenvalue weighted by molar-refractivity contribution is 7.80. The van der Waals surface area contributed by atoms with E-state index < -0.39 is 5.97 Å². The second-order valence-corrected chi connectivity index (χ2v) is 7.38. The zero-order valence-corrected chi connectivity index (χ0v) is 17.6. The van der Waals surface area contributed by atoms with Crippen molar-refractivity contribution in [2.75, 3.05) is 5.32 Å². The Labute approximate surface area is 189 Å². The van der Waals surface area contributed by atoms with E-state index in [2.05, 4.69) is 15.8 Å². The number of nitrogens with zero attached hydrogens (tertiary/aromatic N) is 1. The molecule has 0 aromatic heterocycles. The van der Waals surface area contributed by atoms with E-state index in [9.17, 15) is 9.90 Å². The number of phenolic OH excluding ortho intramolecular Hbond substituents is 1. The van der Waals surface area contributed by atoms with Crippen LogP contribution in [0.4, 0.5) is 5.69 Å². The molecule has 4 rings (SSSR count). The molecule has 7 heteroatoms. The fraction of sp³-hybridized carbons (Fsp3) is 0. The van der Waals surface area contributed by atoms with E-state index in [1.165, 1.54) is 18.3 Å². The van der Waals surface area contributed by atoms with Crippen LogP contribution in [0.15, 0.2) is 90.0 Å². The maximum Gasteiger partial charge on any atom is 0.335 e. The lowest BCUT2D eigenvalue weighted by Crippen LogP contribution is -2.23. The molecule has 0 aliphatic heterocycles. The highest BCUT2D eigenvalue weighted by Gasteiger charge is 2.10. The number of para-hydroxylation sites is 1. The van der Waals surface area contributed by atoms with Gasteiger partial charge in [0.2, 0.25) is 0 Å². The molecule has 0 bridgehead atoms. The molecule has 0 saturated heterocycles. The van der Waals surface area contributed by atoms with Gasteiger partial charge in [-0.15, -0.1) is 0 Å². The number of phenols is 1. The molecule has 0 radical (unpaired) electrons. The molecule has 4 aromatic carbocycles. The molecule has 158 valence electrons. The summed E-state index contributed by atoms with van der Waals surface area (Å²) in [5.41, 5.74) is 5.70. The van der Waals surface area contributed by atoms with Gasteiger partial charge in [-0.05, 0) is 58.9 Å². The third-order valence-electron chi connectivity index (χ3n) is 4.91. The van der Waals surface area contributed by atoms with Gasteiger partial charge in [-0.25, -0.2) is 4.79 Å². The van der Waals surface area contributed by atoms with Crippen LogP contribution in [0, 0.1) is 0 Å². The number of aromatic carboxylic acids is 1. The first-order chi connectivity index (χ1) is 15.5. The minimum Gasteiger partial charge on any atom is -0.507 e. The van der Waals surface area contributed by atoms with Gasteiger partial charge in [-0.2, -0.15) is 5.10 Å². The first-order valence-electron chi connectivity index (χ1n) is 9.76. The third kappa shape index (κ3) is 4.58. The van der Waals surface area contributed by atoms with Gasteiger partial charge >= 0.3 is 5.97 Å². The Balaban J connectivity index is 1.49. The van der Waals surface area contributed by atoms with E-state index in [0.717, 1.165) is 16.3 Å². The summed E-state index contributed by atoms with van der Waals surface area (Å²) in [5, 5.41) is 29.2. The summed E-state index contributed by atoms with van der Waals surface area (Å²) in [7, 11) is 0. The smallest absolute Gasteiger partial charge is 0.335 e. The molecule has 0 atom stereocenters. The summed E-state index contributed by atoms with van der Waals surface area (Å²) >= 11 is 5.21. The third-order valence-corrected chi connectivity index (χ3v) is 5.10. The number of hydrazone groups is 1. The standard InChI is InChI=1S/C25H19N3O3S/c29-23-18(15-26-28-25(32)27-19-13-11-17(12-14-19)24(30)31)7-4-10-22(23)21-9-3-6-16-5-1-2-8-20(16)21/h1-15,29H,(H,30,31)(H2,27,28,32)/b26-15+. The highest BCUT2D eigenvalue weighted by atomic mass is 32.1. The SMILES string of the molecule is O=C(O)c1ccc(NC(=S)N/N=C/c2cccc(-c3cccc4ccccc34)c2O)cc1. The molecular weight excluding hydrogens is 422 g/mol. The fourth-order valence-electron chi connectivity index (χ4n) is 3.36. The molecular formula is C25H19N3O3S. The predicted octanol–water partition coefficient (Wildman–Crippen LogP) is 5.23. The van der Waals surface area contributed by atoms with Gasteiger partial charge in [-0.3, -0.25) is 5.43 Å². The molecule has 4 N–H and O–H groups in total. The van der Waals surface area contributed by atoms with Crippen LogP contribution in [0.25, 0.3) is 21.9 Å². The molecule has 0 aliphatic carbocycles.